The Labute approximate surface area is 119 Å². The van der Waals surface area contributed by atoms with E-state index in [0.717, 1.165) is 19.3 Å². The van der Waals surface area contributed by atoms with Gasteiger partial charge < -0.3 is 10.6 Å². The first-order valence-electron chi connectivity index (χ1n) is 6.96. The number of likely N-dealkylation sites (tertiary alicyclic amines) is 1. The maximum Gasteiger partial charge on any atom is 0.222 e. The normalized spacial score (nSPS) is 15.5. The summed E-state index contributed by atoms with van der Waals surface area (Å²) in [5.41, 5.74) is 6.44. The summed E-state index contributed by atoms with van der Waals surface area (Å²) in [7, 11) is 0. The van der Waals surface area contributed by atoms with E-state index in [4.69, 9.17) is 5.73 Å². The standard InChI is InChI=1S/C16H19FN2O/c17-15-11-13(5-4-9-18)7-8-14(15)12-19-10-3-1-2-6-16(19)20/h7-8,11H,1-3,6,9-10,12,18H2. The number of hydrogen-bond acceptors (Lipinski definition) is 2. The first-order chi connectivity index (χ1) is 9.70. The third kappa shape index (κ3) is 3.82. The van der Waals surface area contributed by atoms with Crippen LogP contribution in [0.5, 0.6) is 0 Å². The van der Waals surface area contributed by atoms with Crippen molar-refractivity contribution in [3.63, 3.8) is 0 Å². The Kier molecular flexibility index (Phi) is 5.14. The van der Waals surface area contributed by atoms with Gasteiger partial charge in [0.2, 0.25) is 5.91 Å². The van der Waals surface area contributed by atoms with E-state index in [1.807, 2.05) is 0 Å². The van der Waals surface area contributed by atoms with Crippen molar-refractivity contribution in [2.24, 2.45) is 5.73 Å². The molecule has 1 aromatic rings. The molecule has 1 aliphatic rings. The molecule has 106 valence electrons. The zero-order valence-corrected chi connectivity index (χ0v) is 11.5. The van der Waals surface area contributed by atoms with Crippen LogP contribution in [0.1, 0.15) is 36.8 Å². The van der Waals surface area contributed by atoms with Crippen LogP contribution >= 0.6 is 0 Å². The van der Waals surface area contributed by atoms with Crippen LogP contribution in [0.25, 0.3) is 0 Å². The van der Waals surface area contributed by atoms with Gasteiger partial charge in [0, 0.05) is 30.6 Å². The molecule has 0 spiro atoms. The van der Waals surface area contributed by atoms with Gasteiger partial charge in [-0.15, -0.1) is 0 Å². The Hall–Kier alpha value is -1.86. The lowest BCUT2D eigenvalue weighted by molar-refractivity contribution is -0.131. The average molecular weight is 274 g/mol. The average Bonchev–Trinajstić information content (AvgIpc) is 2.64. The largest absolute Gasteiger partial charge is 0.338 e. The predicted octanol–water partition coefficient (Wildman–Crippen LogP) is 2.04. The minimum atomic E-state index is -0.314. The SMILES string of the molecule is NCC#Cc1ccc(CN2CCCCCC2=O)c(F)c1. The van der Waals surface area contributed by atoms with Crippen LogP contribution in [0.3, 0.4) is 0 Å². The number of halogens is 1. The molecule has 1 heterocycles. The van der Waals surface area contributed by atoms with Gasteiger partial charge in [0.15, 0.2) is 0 Å². The van der Waals surface area contributed by atoms with Gasteiger partial charge >= 0.3 is 0 Å². The van der Waals surface area contributed by atoms with Crippen LogP contribution in [0, 0.1) is 17.7 Å². The number of carbonyl (C=O) groups excluding carboxylic acids is 1. The molecule has 1 saturated heterocycles. The zero-order valence-electron chi connectivity index (χ0n) is 11.5. The fourth-order valence-electron chi connectivity index (χ4n) is 2.32. The van der Waals surface area contributed by atoms with Crippen LogP contribution in [-0.4, -0.2) is 23.9 Å². The number of amides is 1. The summed E-state index contributed by atoms with van der Waals surface area (Å²) in [5, 5.41) is 0. The number of carbonyl (C=O) groups is 1. The van der Waals surface area contributed by atoms with Gasteiger partial charge in [-0.2, -0.15) is 0 Å². The topological polar surface area (TPSA) is 46.3 Å². The highest BCUT2D eigenvalue weighted by molar-refractivity contribution is 5.76. The van der Waals surface area contributed by atoms with Crippen LogP contribution in [-0.2, 0) is 11.3 Å². The van der Waals surface area contributed by atoms with Gasteiger partial charge in [0.25, 0.3) is 0 Å². The van der Waals surface area contributed by atoms with Gasteiger partial charge in [0.05, 0.1) is 6.54 Å². The summed E-state index contributed by atoms with van der Waals surface area (Å²) in [6, 6.07) is 4.87. The third-order valence-electron chi connectivity index (χ3n) is 3.42. The van der Waals surface area contributed by atoms with Crippen molar-refractivity contribution in [3.05, 3.63) is 35.1 Å². The molecule has 2 N–H and O–H groups in total. The highest BCUT2D eigenvalue weighted by Gasteiger charge is 2.18. The first-order valence-corrected chi connectivity index (χ1v) is 6.96. The molecular weight excluding hydrogens is 255 g/mol. The zero-order chi connectivity index (χ0) is 14.4. The molecule has 0 atom stereocenters. The predicted molar refractivity (Wildman–Crippen MR) is 76.2 cm³/mol. The van der Waals surface area contributed by atoms with E-state index in [0.29, 0.717) is 30.6 Å². The van der Waals surface area contributed by atoms with Gasteiger partial charge in [-0.25, -0.2) is 4.39 Å². The first kappa shape index (κ1) is 14.5. The molecule has 0 aromatic heterocycles. The second-order valence-electron chi connectivity index (χ2n) is 4.94. The molecule has 4 heteroatoms. The number of hydrogen-bond donors (Lipinski definition) is 1. The molecule has 1 aromatic carbocycles. The summed E-state index contributed by atoms with van der Waals surface area (Å²) < 4.78 is 14.0. The van der Waals surface area contributed by atoms with E-state index >= 15 is 0 Å². The highest BCUT2D eigenvalue weighted by atomic mass is 19.1. The molecule has 0 radical (unpaired) electrons. The van der Waals surface area contributed by atoms with Crippen LogP contribution < -0.4 is 5.73 Å². The monoisotopic (exact) mass is 274 g/mol. The molecule has 0 aliphatic carbocycles. The Balaban J connectivity index is 2.10. The van der Waals surface area contributed by atoms with Crippen molar-refractivity contribution >= 4 is 5.91 Å². The van der Waals surface area contributed by atoms with Crippen molar-refractivity contribution in [2.45, 2.75) is 32.2 Å². The molecule has 0 unspecified atom stereocenters. The second-order valence-corrected chi connectivity index (χ2v) is 4.94. The van der Waals surface area contributed by atoms with Crippen LogP contribution in [0.2, 0.25) is 0 Å². The lowest BCUT2D eigenvalue weighted by Gasteiger charge is -2.20. The Morgan fingerprint density at radius 1 is 1.30 bits per heavy atom. The van der Waals surface area contributed by atoms with Crippen LogP contribution in [0.15, 0.2) is 18.2 Å². The van der Waals surface area contributed by atoms with E-state index in [9.17, 15) is 9.18 Å². The number of nitrogens with zero attached hydrogens (tertiary/aromatic N) is 1. The van der Waals surface area contributed by atoms with Crippen molar-refractivity contribution < 1.29 is 9.18 Å². The van der Waals surface area contributed by atoms with Crippen molar-refractivity contribution in [1.82, 2.24) is 4.90 Å². The Morgan fingerprint density at radius 2 is 2.15 bits per heavy atom. The molecule has 0 bridgehead atoms. The number of rotatable bonds is 2. The quantitative estimate of drug-likeness (QED) is 0.839. The summed E-state index contributed by atoms with van der Waals surface area (Å²) in [6.45, 7) is 1.31. The van der Waals surface area contributed by atoms with Gasteiger partial charge in [0.1, 0.15) is 5.82 Å². The molecule has 3 nitrogen and oxygen atoms in total. The minimum absolute atomic E-state index is 0.119. The van der Waals surface area contributed by atoms with E-state index in [1.54, 1.807) is 17.0 Å². The number of nitrogens with two attached hydrogens (primary N) is 1. The minimum Gasteiger partial charge on any atom is -0.338 e. The molecule has 1 aliphatic heterocycles. The van der Waals surface area contributed by atoms with Crippen LogP contribution in [0.4, 0.5) is 4.39 Å². The summed E-state index contributed by atoms with van der Waals surface area (Å²) in [5.74, 6) is 5.30. The summed E-state index contributed by atoms with van der Waals surface area (Å²) in [6.07, 6.45) is 3.57. The molecule has 1 fully saturated rings. The summed E-state index contributed by atoms with van der Waals surface area (Å²) in [4.78, 5) is 13.7. The van der Waals surface area contributed by atoms with Crippen molar-refractivity contribution in [3.8, 4) is 11.8 Å². The Morgan fingerprint density at radius 3 is 2.90 bits per heavy atom. The third-order valence-corrected chi connectivity index (χ3v) is 3.42. The van der Waals surface area contributed by atoms with Gasteiger partial charge in [-0.3, -0.25) is 4.79 Å². The molecule has 0 saturated carbocycles. The lowest BCUT2D eigenvalue weighted by atomic mass is 10.1. The van der Waals surface area contributed by atoms with E-state index < -0.39 is 0 Å². The maximum absolute atomic E-state index is 14.0. The van der Waals surface area contributed by atoms with E-state index in [2.05, 4.69) is 11.8 Å². The van der Waals surface area contributed by atoms with Crippen molar-refractivity contribution in [2.75, 3.05) is 13.1 Å². The maximum atomic E-state index is 14.0. The van der Waals surface area contributed by atoms with Gasteiger partial charge in [-0.1, -0.05) is 24.3 Å². The molecule has 20 heavy (non-hydrogen) atoms. The van der Waals surface area contributed by atoms with Gasteiger partial charge in [-0.05, 0) is 25.0 Å². The van der Waals surface area contributed by atoms with Crippen molar-refractivity contribution in [1.29, 1.82) is 0 Å². The second kappa shape index (κ2) is 7.06. The molecular formula is C16H19FN2O. The number of benzene rings is 1. The van der Waals surface area contributed by atoms with E-state index in [-0.39, 0.29) is 18.3 Å². The van der Waals surface area contributed by atoms with E-state index in [1.165, 1.54) is 6.07 Å². The fraction of sp³-hybridized carbons (Fsp3) is 0.438. The smallest absolute Gasteiger partial charge is 0.222 e. The summed E-state index contributed by atoms with van der Waals surface area (Å²) >= 11 is 0. The fourth-order valence-corrected chi connectivity index (χ4v) is 2.32. The molecule has 1 amide bonds. The lowest BCUT2D eigenvalue weighted by Crippen LogP contribution is -2.30. The highest BCUT2D eigenvalue weighted by Crippen LogP contribution is 2.17. The molecule has 2 rings (SSSR count). The Bertz CT molecular complexity index is 545.